The number of aliphatic hydroxyl groups excluding tert-OH is 1. The average molecular weight is 652 g/mol. The van der Waals surface area contributed by atoms with Gasteiger partial charge >= 0.3 is 18.2 Å². The molecule has 3 aliphatic carbocycles. The van der Waals surface area contributed by atoms with Crippen molar-refractivity contribution in [3.05, 3.63) is 35.0 Å². The molecule has 3 fully saturated rings. The molecule has 3 saturated carbocycles. The highest BCUT2D eigenvalue weighted by Crippen LogP contribution is 2.46. The summed E-state index contributed by atoms with van der Waals surface area (Å²) in [6, 6.07) is 4.67. The van der Waals surface area contributed by atoms with Crippen molar-refractivity contribution < 1.29 is 42.1 Å². The molecule has 0 aliphatic heterocycles. The Balaban J connectivity index is 1.43. The van der Waals surface area contributed by atoms with Crippen LogP contribution in [-0.2, 0) is 19.1 Å². The second kappa shape index (κ2) is 13.2. The topological polar surface area (TPSA) is 178 Å². The molecule has 4 rings (SSSR count). The molecule has 4 unspecified atom stereocenters. The van der Waals surface area contributed by atoms with Gasteiger partial charge in [-0.25, -0.2) is 4.79 Å². The van der Waals surface area contributed by atoms with Crippen molar-refractivity contribution in [2.24, 2.45) is 33.7 Å². The number of allylic oxidation sites excluding steroid dienone is 2. The van der Waals surface area contributed by atoms with E-state index in [4.69, 9.17) is 20.9 Å². The third-order valence-electron chi connectivity index (χ3n) is 8.45. The van der Waals surface area contributed by atoms with Gasteiger partial charge in [-0.3, -0.25) is 14.6 Å². The first kappa shape index (κ1) is 35.2. The first-order valence-corrected chi connectivity index (χ1v) is 15.4. The number of amides is 1. The van der Waals surface area contributed by atoms with Gasteiger partial charge in [0.15, 0.2) is 5.78 Å². The van der Waals surface area contributed by atoms with Crippen LogP contribution in [-0.4, -0.2) is 59.1 Å². The summed E-state index contributed by atoms with van der Waals surface area (Å²) in [6.45, 7) is 8.45. The number of rotatable bonds is 7. The van der Waals surface area contributed by atoms with Crippen LogP contribution >= 0.6 is 0 Å². The van der Waals surface area contributed by atoms with Gasteiger partial charge in [0.25, 0.3) is 0 Å². The van der Waals surface area contributed by atoms with E-state index in [9.17, 15) is 32.7 Å². The fourth-order valence-electron chi connectivity index (χ4n) is 6.66. The molecule has 14 heteroatoms. The van der Waals surface area contributed by atoms with Gasteiger partial charge < -0.3 is 36.7 Å². The summed E-state index contributed by atoms with van der Waals surface area (Å²) < 4.78 is 51.4. The molecule has 46 heavy (non-hydrogen) atoms. The number of hydrogen-bond donors (Lipinski definition) is 5. The number of aliphatic hydroxyl groups is 1. The number of nitrogens with two attached hydrogens (primary N) is 2. The maximum absolute atomic E-state index is 13.6. The monoisotopic (exact) mass is 651 g/mol. The number of alkyl carbamates (subject to hydrolysis) is 1. The summed E-state index contributed by atoms with van der Waals surface area (Å²) in [5, 5.41) is 16.1. The normalized spacial score (nSPS) is 27.2. The van der Waals surface area contributed by atoms with E-state index in [1.165, 1.54) is 6.07 Å². The van der Waals surface area contributed by atoms with Crippen LogP contribution in [0.1, 0.15) is 84.9 Å². The standard InChI is InChI=1S/C32H44F3N5O6/c1-30(2,3)46-29(44)38-15-25(42)45-20-10-16-8-19(9-17(16)11-20)40-22-12-18(6-7-21(22)28(37)43)39-23-13-31(4,5)14-24(41)26(23)27(36)32(33,34)35/h6-7,12,16-17,19-20,28,40,43H,8-11,13-15,36-37H2,1-5H3,(H,38,44)/t16-,17?,19?,20?,28?/m1/s1. The molecule has 3 aliphatic rings. The number of nitrogens with zero attached hydrogens (tertiary/aromatic N) is 1. The van der Waals surface area contributed by atoms with Crippen LogP contribution < -0.4 is 22.1 Å². The molecule has 0 radical (unpaired) electrons. The van der Waals surface area contributed by atoms with E-state index in [0.29, 0.717) is 24.1 Å². The Kier molecular flexibility index (Phi) is 10.1. The number of esters is 1. The van der Waals surface area contributed by atoms with Crippen molar-refractivity contribution in [3.63, 3.8) is 0 Å². The number of ether oxygens (including phenoxy) is 2. The van der Waals surface area contributed by atoms with Gasteiger partial charge in [-0.15, -0.1) is 0 Å². The lowest BCUT2D eigenvalue weighted by atomic mass is 9.73. The van der Waals surface area contributed by atoms with Crippen LogP contribution in [0.15, 0.2) is 34.5 Å². The van der Waals surface area contributed by atoms with Crippen LogP contribution in [0.25, 0.3) is 0 Å². The summed E-state index contributed by atoms with van der Waals surface area (Å²) in [5.41, 5.74) is 8.99. The first-order valence-electron chi connectivity index (χ1n) is 15.4. The van der Waals surface area contributed by atoms with Gasteiger partial charge in [-0.1, -0.05) is 19.9 Å². The van der Waals surface area contributed by atoms with Crippen LogP contribution in [0.3, 0.4) is 0 Å². The van der Waals surface area contributed by atoms with Crippen molar-refractivity contribution in [3.8, 4) is 0 Å². The third-order valence-corrected chi connectivity index (χ3v) is 8.45. The number of Topliss-reactive ketones (excluding diaryl/α,β-unsaturated/α-hetero) is 1. The molecule has 0 spiro atoms. The number of carbonyl (C=O) groups excluding carboxylic acids is 3. The molecule has 0 saturated heterocycles. The highest BCUT2D eigenvalue weighted by atomic mass is 19.4. The highest BCUT2D eigenvalue weighted by Gasteiger charge is 2.44. The number of fused-ring (bicyclic) bond motifs is 1. The minimum absolute atomic E-state index is 0.00703. The van der Waals surface area contributed by atoms with Crippen molar-refractivity contribution >= 4 is 34.9 Å². The molecule has 0 heterocycles. The Morgan fingerprint density at radius 3 is 2.30 bits per heavy atom. The zero-order valence-electron chi connectivity index (χ0n) is 26.8. The largest absolute Gasteiger partial charge is 0.461 e. The number of alkyl halides is 3. The number of carbonyl (C=O) groups is 3. The molecule has 11 nitrogen and oxygen atoms in total. The molecule has 1 amide bonds. The van der Waals surface area contributed by atoms with Crippen LogP contribution in [0.5, 0.6) is 0 Å². The first-order chi connectivity index (χ1) is 21.2. The van der Waals surface area contributed by atoms with Gasteiger partial charge in [0, 0.05) is 23.7 Å². The summed E-state index contributed by atoms with van der Waals surface area (Å²) in [4.78, 5) is 41.4. The Morgan fingerprint density at radius 1 is 1.11 bits per heavy atom. The Hall–Kier alpha value is -3.65. The van der Waals surface area contributed by atoms with E-state index in [1.54, 1.807) is 46.8 Å². The lowest BCUT2D eigenvalue weighted by Gasteiger charge is -2.32. The molecular weight excluding hydrogens is 607 g/mol. The van der Waals surface area contributed by atoms with Crippen LogP contribution in [0.2, 0.25) is 0 Å². The zero-order chi connectivity index (χ0) is 34.2. The number of halogens is 3. The van der Waals surface area contributed by atoms with Gasteiger partial charge in [0.05, 0.1) is 17.0 Å². The number of aliphatic imine (C=N–C) groups is 1. The van der Waals surface area contributed by atoms with E-state index in [-0.39, 0.29) is 54.8 Å². The molecule has 1 aromatic carbocycles. The number of hydrogen-bond acceptors (Lipinski definition) is 10. The van der Waals surface area contributed by atoms with Gasteiger partial charge in [0.2, 0.25) is 0 Å². The van der Waals surface area contributed by atoms with E-state index >= 15 is 0 Å². The average Bonchev–Trinajstić information content (AvgIpc) is 3.42. The second-order valence-corrected chi connectivity index (χ2v) is 14.3. The summed E-state index contributed by atoms with van der Waals surface area (Å²) in [7, 11) is 0. The summed E-state index contributed by atoms with van der Waals surface area (Å²) in [6.07, 6.45) is -4.30. The predicted octanol–water partition coefficient (Wildman–Crippen LogP) is 4.91. The summed E-state index contributed by atoms with van der Waals surface area (Å²) in [5.74, 6) is -0.698. The van der Waals surface area contributed by atoms with Crippen molar-refractivity contribution in [2.75, 3.05) is 11.9 Å². The van der Waals surface area contributed by atoms with Gasteiger partial charge in [-0.2, -0.15) is 13.2 Å². The molecular formula is C32H44F3N5O6. The molecule has 5 atom stereocenters. The van der Waals surface area contributed by atoms with Crippen molar-refractivity contribution in [1.82, 2.24) is 5.32 Å². The van der Waals surface area contributed by atoms with Crippen molar-refractivity contribution in [2.45, 2.75) is 103 Å². The highest BCUT2D eigenvalue weighted by molar-refractivity contribution is 6.25. The maximum atomic E-state index is 13.6. The molecule has 0 aromatic heterocycles. The lowest BCUT2D eigenvalue weighted by Crippen LogP contribution is -2.36. The van der Waals surface area contributed by atoms with E-state index in [1.807, 2.05) is 0 Å². The van der Waals surface area contributed by atoms with E-state index in [0.717, 1.165) is 12.8 Å². The SMILES string of the molecule is CC1(C)CC(=O)C(=C(N)C(F)(F)F)C(=Nc2ccc(C(N)O)c(NC3CC4CC(OC(=O)CNC(=O)OC(C)(C)C)C[C@H]4C3)c2)C1. The second-order valence-electron chi connectivity index (χ2n) is 14.3. The summed E-state index contributed by atoms with van der Waals surface area (Å²) >= 11 is 0. The van der Waals surface area contributed by atoms with E-state index < -0.39 is 52.5 Å². The minimum atomic E-state index is -4.89. The fraction of sp³-hybridized carbons (Fsp3) is 0.625. The van der Waals surface area contributed by atoms with E-state index in [2.05, 4.69) is 15.6 Å². The fourth-order valence-corrected chi connectivity index (χ4v) is 6.66. The third kappa shape index (κ3) is 8.99. The molecule has 7 N–H and O–H groups in total. The number of nitrogens with one attached hydrogen (secondary N) is 2. The quantitative estimate of drug-likeness (QED) is 0.156. The predicted molar refractivity (Wildman–Crippen MR) is 165 cm³/mol. The minimum Gasteiger partial charge on any atom is -0.461 e. The zero-order valence-corrected chi connectivity index (χ0v) is 26.8. The van der Waals surface area contributed by atoms with Crippen molar-refractivity contribution in [1.29, 1.82) is 0 Å². The lowest BCUT2D eigenvalue weighted by molar-refractivity contribution is -0.147. The van der Waals surface area contributed by atoms with Crippen LogP contribution in [0.4, 0.5) is 29.3 Å². The number of anilines is 1. The molecule has 254 valence electrons. The van der Waals surface area contributed by atoms with Gasteiger partial charge in [-0.05, 0) is 82.3 Å². The van der Waals surface area contributed by atoms with Crippen LogP contribution in [0, 0.1) is 17.3 Å². The Bertz CT molecular complexity index is 1400. The smallest absolute Gasteiger partial charge is 0.431 e. The Labute approximate surface area is 266 Å². The van der Waals surface area contributed by atoms with Gasteiger partial charge in [0.1, 0.15) is 30.2 Å². The molecule has 1 aromatic rings. The Morgan fingerprint density at radius 2 is 1.74 bits per heavy atom. The number of benzene rings is 1. The maximum Gasteiger partial charge on any atom is 0.431 e. The number of ketones is 1. The molecule has 0 bridgehead atoms.